The maximum absolute atomic E-state index is 13.9. The topological polar surface area (TPSA) is 57.6 Å². The molecule has 1 N–H and O–H groups in total. The summed E-state index contributed by atoms with van der Waals surface area (Å²) in [5.41, 5.74) is -0.544. The molecule has 1 heterocycles. The minimum Gasteiger partial charge on any atom is -0.480 e. The van der Waals surface area contributed by atoms with Crippen LogP contribution in [0.2, 0.25) is 0 Å². The number of carbonyl (C=O) groups is 2. The lowest BCUT2D eigenvalue weighted by molar-refractivity contribution is -0.140. The number of rotatable bonds is 2. The molecular weight excluding hydrogens is 276 g/mol. The van der Waals surface area contributed by atoms with Crippen LogP contribution in [0.4, 0.5) is 8.78 Å². The summed E-state index contributed by atoms with van der Waals surface area (Å²) in [7, 11) is 0. The third-order valence-corrected chi connectivity index (χ3v) is 3.94. The lowest BCUT2D eigenvalue weighted by Crippen LogP contribution is -2.42. The first kappa shape index (κ1) is 13.8. The van der Waals surface area contributed by atoms with Crippen molar-refractivity contribution in [3.8, 4) is 0 Å². The van der Waals surface area contributed by atoms with Crippen LogP contribution in [0.15, 0.2) is 12.1 Å². The highest BCUT2D eigenvalue weighted by Crippen LogP contribution is 2.26. The third kappa shape index (κ3) is 2.42. The Balaban J connectivity index is 2.40. The van der Waals surface area contributed by atoms with E-state index in [-0.39, 0.29) is 17.2 Å². The van der Waals surface area contributed by atoms with Crippen molar-refractivity contribution in [3.63, 3.8) is 0 Å². The summed E-state index contributed by atoms with van der Waals surface area (Å²) >= 11 is 1.24. The summed E-state index contributed by atoms with van der Waals surface area (Å²) in [6.45, 7) is 1.42. The highest BCUT2D eigenvalue weighted by Gasteiger charge is 2.37. The number of halogens is 2. The van der Waals surface area contributed by atoms with Crippen LogP contribution < -0.4 is 0 Å². The number of aryl methyl sites for hydroxylation is 1. The summed E-state index contributed by atoms with van der Waals surface area (Å²) in [6.07, 6.45) is 0. The van der Waals surface area contributed by atoms with Gasteiger partial charge in [0, 0.05) is 5.75 Å². The number of benzene rings is 1. The second-order valence-corrected chi connectivity index (χ2v) is 5.18. The second-order valence-electron chi connectivity index (χ2n) is 4.18. The molecule has 0 saturated carbocycles. The van der Waals surface area contributed by atoms with Crippen LogP contribution in [0.3, 0.4) is 0 Å². The SMILES string of the molecule is Cc1ccc(F)c(C(=O)N2CSCC2C(=O)O)c1F. The van der Waals surface area contributed by atoms with E-state index in [2.05, 4.69) is 0 Å². The van der Waals surface area contributed by atoms with Gasteiger partial charge in [-0.1, -0.05) is 6.07 Å². The monoisotopic (exact) mass is 287 g/mol. The minimum atomic E-state index is -1.17. The first-order valence-electron chi connectivity index (χ1n) is 5.49. The van der Waals surface area contributed by atoms with Gasteiger partial charge in [-0.15, -0.1) is 11.8 Å². The maximum atomic E-state index is 13.9. The predicted octanol–water partition coefficient (Wildman–Crippen LogP) is 1.87. The highest BCUT2D eigenvalue weighted by atomic mass is 32.2. The Hall–Kier alpha value is -1.63. The molecule has 0 bridgehead atoms. The van der Waals surface area contributed by atoms with Crippen molar-refractivity contribution in [2.24, 2.45) is 0 Å². The quantitative estimate of drug-likeness (QED) is 0.902. The predicted molar refractivity (Wildman–Crippen MR) is 66.0 cm³/mol. The summed E-state index contributed by atoms with van der Waals surface area (Å²) in [5.74, 6) is -3.68. The standard InChI is InChI=1S/C12H11F2NO3S/c1-6-2-3-7(13)9(10(6)14)11(16)15-5-19-4-8(15)12(17)18/h2-3,8H,4-5H2,1H3,(H,17,18). The van der Waals surface area contributed by atoms with E-state index in [4.69, 9.17) is 5.11 Å². The van der Waals surface area contributed by atoms with Crippen molar-refractivity contribution in [2.45, 2.75) is 13.0 Å². The van der Waals surface area contributed by atoms with E-state index >= 15 is 0 Å². The van der Waals surface area contributed by atoms with Crippen molar-refractivity contribution in [1.29, 1.82) is 0 Å². The van der Waals surface area contributed by atoms with Crippen molar-refractivity contribution < 1.29 is 23.5 Å². The number of carboxylic acid groups (broad SMARTS) is 1. The molecule has 0 spiro atoms. The van der Waals surface area contributed by atoms with E-state index in [0.29, 0.717) is 0 Å². The minimum absolute atomic E-state index is 0.114. The number of carbonyl (C=O) groups excluding carboxylic acids is 1. The number of hydrogen-bond donors (Lipinski definition) is 1. The van der Waals surface area contributed by atoms with Crippen LogP contribution in [-0.2, 0) is 4.79 Å². The molecule has 2 rings (SSSR count). The lowest BCUT2D eigenvalue weighted by Gasteiger charge is -2.21. The first-order chi connectivity index (χ1) is 8.93. The molecule has 102 valence electrons. The molecule has 4 nitrogen and oxygen atoms in total. The number of nitrogens with zero attached hydrogens (tertiary/aromatic N) is 1. The number of amides is 1. The summed E-state index contributed by atoms with van der Waals surface area (Å²) in [4.78, 5) is 24.1. The van der Waals surface area contributed by atoms with Crippen molar-refractivity contribution in [2.75, 3.05) is 11.6 Å². The fraction of sp³-hybridized carbons (Fsp3) is 0.333. The average Bonchev–Trinajstić information content (AvgIpc) is 2.83. The van der Waals surface area contributed by atoms with Crippen LogP contribution in [0.5, 0.6) is 0 Å². The zero-order chi connectivity index (χ0) is 14.2. The number of thioether (sulfide) groups is 1. The maximum Gasteiger partial charge on any atom is 0.327 e. The molecule has 0 aliphatic carbocycles. The molecule has 1 amide bonds. The molecule has 1 aliphatic heterocycles. The van der Waals surface area contributed by atoms with Crippen LogP contribution in [0.1, 0.15) is 15.9 Å². The number of aliphatic carboxylic acids is 1. The molecule has 7 heteroatoms. The zero-order valence-corrected chi connectivity index (χ0v) is 10.8. The molecule has 0 aromatic heterocycles. The largest absolute Gasteiger partial charge is 0.480 e. The van der Waals surface area contributed by atoms with Crippen molar-refractivity contribution in [3.05, 3.63) is 34.9 Å². The van der Waals surface area contributed by atoms with Gasteiger partial charge in [0.15, 0.2) is 0 Å². The van der Waals surface area contributed by atoms with Crippen LogP contribution >= 0.6 is 11.8 Å². The van der Waals surface area contributed by atoms with Gasteiger partial charge in [-0.2, -0.15) is 0 Å². The van der Waals surface area contributed by atoms with Gasteiger partial charge < -0.3 is 10.0 Å². The molecule has 1 saturated heterocycles. The lowest BCUT2D eigenvalue weighted by atomic mass is 10.1. The number of carboxylic acids is 1. The molecule has 1 fully saturated rings. The highest BCUT2D eigenvalue weighted by molar-refractivity contribution is 7.99. The van der Waals surface area contributed by atoms with Gasteiger partial charge in [0.1, 0.15) is 23.2 Å². The molecule has 1 unspecified atom stereocenters. The van der Waals surface area contributed by atoms with E-state index < -0.39 is 35.1 Å². The Kier molecular flexibility index (Phi) is 3.75. The molecule has 1 atom stereocenters. The van der Waals surface area contributed by atoms with E-state index in [1.54, 1.807) is 0 Å². The third-order valence-electron chi connectivity index (χ3n) is 2.93. The Bertz CT molecular complexity index is 550. The van der Waals surface area contributed by atoms with Crippen LogP contribution in [0.25, 0.3) is 0 Å². The average molecular weight is 287 g/mol. The summed E-state index contributed by atoms with van der Waals surface area (Å²) in [6, 6.07) is 1.19. The molecule has 1 aromatic rings. The summed E-state index contributed by atoms with van der Waals surface area (Å²) < 4.78 is 27.5. The van der Waals surface area contributed by atoms with Gasteiger partial charge in [-0.25, -0.2) is 13.6 Å². The Morgan fingerprint density at radius 1 is 1.42 bits per heavy atom. The van der Waals surface area contributed by atoms with Crippen molar-refractivity contribution >= 4 is 23.6 Å². The fourth-order valence-corrected chi connectivity index (χ4v) is 2.99. The van der Waals surface area contributed by atoms with Crippen molar-refractivity contribution in [1.82, 2.24) is 4.90 Å². The smallest absolute Gasteiger partial charge is 0.327 e. The van der Waals surface area contributed by atoms with E-state index in [9.17, 15) is 18.4 Å². The van der Waals surface area contributed by atoms with Gasteiger partial charge in [0.25, 0.3) is 5.91 Å². The molecule has 1 aliphatic rings. The molecule has 19 heavy (non-hydrogen) atoms. The second kappa shape index (κ2) is 5.16. The molecule has 1 aromatic carbocycles. The molecule has 0 radical (unpaired) electrons. The fourth-order valence-electron chi connectivity index (χ4n) is 1.84. The van der Waals surface area contributed by atoms with E-state index in [1.165, 1.54) is 24.8 Å². The van der Waals surface area contributed by atoms with E-state index in [1.807, 2.05) is 0 Å². The van der Waals surface area contributed by atoms with Gasteiger partial charge >= 0.3 is 5.97 Å². The van der Waals surface area contributed by atoms with Crippen LogP contribution in [0, 0.1) is 18.6 Å². The first-order valence-corrected chi connectivity index (χ1v) is 6.65. The van der Waals surface area contributed by atoms with Gasteiger partial charge in [-0.3, -0.25) is 4.79 Å². The van der Waals surface area contributed by atoms with Gasteiger partial charge in [-0.05, 0) is 18.6 Å². The van der Waals surface area contributed by atoms with Gasteiger partial charge in [0.05, 0.1) is 5.88 Å². The van der Waals surface area contributed by atoms with E-state index in [0.717, 1.165) is 11.0 Å². The van der Waals surface area contributed by atoms with Crippen LogP contribution in [-0.4, -0.2) is 39.6 Å². The molecular formula is C12H11F2NO3S. The summed E-state index contributed by atoms with van der Waals surface area (Å²) in [5, 5.41) is 8.98. The Morgan fingerprint density at radius 2 is 2.11 bits per heavy atom. The zero-order valence-electron chi connectivity index (χ0n) is 10.0. The Morgan fingerprint density at radius 3 is 2.74 bits per heavy atom. The van der Waals surface area contributed by atoms with Gasteiger partial charge in [0.2, 0.25) is 0 Å². The number of hydrogen-bond acceptors (Lipinski definition) is 3. The normalized spacial score (nSPS) is 18.7. The Labute approximate surface area is 112 Å².